The van der Waals surface area contributed by atoms with Crippen LogP contribution >= 0.6 is 0 Å². The first-order valence-corrected chi connectivity index (χ1v) is 13.3. The maximum atomic E-state index is 12.4. The first-order valence-electron chi connectivity index (χ1n) is 11.8. The van der Waals surface area contributed by atoms with Gasteiger partial charge >= 0.3 is 0 Å². The van der Waals surface area contributed by atoms with Crippen molar-refractivity contribution in [2.45, 2.75) is 50.3 Å². The fourth-order valence-electron chi connectivity index (χ4n) is 4.35. The highest BCUT2D eigenvalue weighted by Crippen LogP contribution is 2.33. The second-order valence-electron chi connectivity index (χ2n) is 9.31. The van der Waals surface area contributed by atoms with Gasteiger partial charge in [-0.15, -0.1) is 0 Å². The lowest BCUT2D eigenvalue weighted by atomic mass is 10.0. The lowest BCUT2D eigenvalue weighted by molar-refractivity contribution is 0.193. The Labute approximate surface area is 202 Å². The van der Waals surface area contributed by atoms with Gasteiger partial charge in [0.05, 0.1) is 41.0 Å². The first kappa shape index (κ1) is 22.1. The van der Waals surface area contributed by atoms with Crippen molar-refractivity contribution >= 4 is 32.6 Å². The molecule has 35 heavy (non-hydrogen) atoms. The van der Waals surface area contributed by atoms with Crippen LogP contribution in [0.2, 0.25) is 0 Å². The van der Waals surface area contributed by atoms with E-state index < -0.39 is 10.0 Å². The number of hydrogen-bond acceptors (Lipinski definition) is 9. The second-order valence-corrected chi connectivity index (χ2v) is 11.4. The third kappa shape index (κ3) is 4.06. The number of rotatable bonds is 7. The molecule has 1 N–H and O–H groups in total. The Bertz CT molecular complexity index is 1500. The van der Waals surface area contributed by atoms with Gasteiger partial charge in [0.2, 0.25) is 0 Å². The van der Waals surface area contributed by atoms with Crippen LogP contribution in [0.25, 0.3) is 22.3 Å². The molecule has 182 valence electrons. The summed E-state index contributed by atoms with van der Waals surface area (Å²) < 4.78 is 33.5. The molecule has 1 atom stereocenters. The average Bonchev–Trinajstić information content (AvgIpc) is 3.24. The Morgan fingerprint density at radius 3 is 2.74 bits per heavy atom. The second kappa shape index (κ2) is 8.38. The van der Waals surface area contributed by atoms with E-state index in [0.717, 1.165) is 33.7 Å². The summed E-state index contributed by atoms with van der Waals surface area (Å²) in [4.78, 5) is 13.5. The molecule has 0 aromatic carbocycles. The van der Waals surface area contributed by atoms with Crippen LogP contribution in [0, 0.1) is 0 Å². The van der Waals surface area contributed by atoms with Crippen molar-refractivity contribution < 1.29 is 13.2 Å². The lowest BCUT2D eigenvalue weighted by Crippen LogP contribution is -2.17. The highest BCUT2D eigenvalue weighted by Gasteiger charge is 2.37. The summed E-state index contributed by atoms with van der Waals surface area (Å²) in [5.41, 5.74) is 2.57. The number of aromatic nitrogens is 7. The number of nitrogens with one attached hydrogen (secondary N) is 1. The van der Waals surface area contributed by atoms with Crippen LogP contribution in [0.5, 0.6) is 0 Å². The Balaban J connectivity index is 1.29. The highest BCUT2D eigenvalue weighted by atomic mass is 32.2. The molecule has 1 saturated carbocycles. The Morgan fingerprint density at radius 1 is 1.14 bits per heavy atom. The molecule has 1 saturated heterocycles. The van der Waals surface area contributed by atoms with E-state index in [1.165, 1.54) is 12.4 Å². The molecule has 0 bridgehead atoms. The quantitative estimate of drug-likeness (QED) is 0.411. The van der Waals surface area contributed by atoms with Gasteiger partial charge in [0.15, 0.2) is 5.82 Å². The molecule has 4 aromatic heterocycles. The van der Waals surface area contributed by atoms with Crippen LogP contribution in [0.15, 0.2) is 36.9 Å². The third-order valence-corrected chi connectivity index (χ3v) is 8.40. The molecule has 1 aliphatic carbocycles. The Hall–Kier alpha value is -3.38. The number of hydrogen-bond donors (Lipinski definition) is 1. The molecule has 0 radical (unpaired) electrons. The van der Waals surface area contributed by atoms with Gasteiger partial charge in [0.1, 0.15) is 11.6 Å². The number of pyridine rings is 1. The smallest absolute Gasteiger partial charge is 0.256 e. The van der Waals surface area contributed by atoms with E-state index in [4.69, 9.17) is 9.84 Å². The summed E-state index contributed by atoms with van der Waals surface area (Å²) in [6.07, 6.45) is 8.73. The van der Waals surface area contributed by atoms with Crippen molar-refractivity contribution in [3.05, 3.63) is 42.6 Å². The summed E-state index contributed by atoms with van der Waals surface area (Å²) in [5.74, 6) is 1.83. The number of fused-ring (bicyclic) bond motifs is 1. The molecule has 12 heteroatoms. The van der Waals surface area contributed by atoms with Gasteiger partial charge in [-0.05, 0) is 39.2 Å². The molecule has 2 aliphatic rings. The van der Waals surface area contributed by atoms with Crippen LogP contribution in [0.3, 0.4) is 0 Å². The van der Waals surface area contributed by atoms with Crippen molar-refractivity contribution in [3.63, 3.8) is 0 Å². The number of nitrogens with zero attached hydrogens (tertiary/aromatic N) is 7. The van der Waals surface area contributed by atoms with Crippen molar-refractivity contribution in [1.82, 2.24) is 33.9 Å². The van der Waals surface area contributed by atoms with Crippen LogP contribution in [-0.4, -0.2) is 60.8 Å². The molecule has 5 heterocycles. The molecule has 6 rings (SSSR count). The Kier molecular flexibility index (Phi) is 5.29. The molecular weight excluding hydrogens is 468 g/mol. The predicted octanol–water partition coefficient (Wildman–Crippen LogP) is 3.25. The molecule has 1 unspecified atom stereocenters. The molecule has 11 nitrogen and oxygen atoms in total. The highest BCUT2D eigenvalue weighted by molar-refractivity contribution is 7.90. The van der Waals surface area contributed by atoms with Crippen molar-refractivity contribution in [1.29, 1.82) is 0 Å². The molecule has 2 fully saturated rings. The summed E-state index contributed by atoms with van der Waals surface area (Å²) >= 11 is 0. The van der Waals surface area contributed by atoms with Gasteiger partial charge in [0, 0.05) is 42.4 Å². The van der Waals surface area contributed by atoms with Crippen LogP contribution < -0.4 is 5.32 Å². The largest absolute Gasteiger partial charge is 0.381 e. The van der Waals surface area contributed by atoms with Gasteiger partial charge in [-0.25, -0.2) is 23.4 Å². The standard InChI is InChI=1S/C23H26N8O3S/c1-14(2)31-19-9-21(25-11-18(19)22(29-31)15-6-8-34-13-15)27-20-5-7-24-23(28-20)16-10-26-30(12-16)35(32,33)17-3-4-17/h5,7,9-12,14-15,17H,3-4,6,8,13H2,1-2H3,(H,24,25,27,28). The van der Waals surface area contributed by atoms with Gasteiger partial charge in [-0.2, -0.15) is 14.3 Å². The van der Waals surface area contributed by atoms with Crippen LogP contribution in [-0.2, 0) is 14.8 Å². The normalized spacial score (nSPS) is 18.5. The summed E-state index contributed by atoms with van der Waals surface area (Å²) in [7, 11) is -3.44. The number of ether oxygens (including phenoxy) is 1. The SMILES string of the molecule is CC(C)n1nc(C2CCOC2)c2cnc(Nc3ccnc(-c4cnn(S(=O)(=O)C5CC5)c4)n3)cc21. The van der Waals surface area contributed by atoms with Crippen LogP contribution in [0.4, 0.5) is 11.6 Å². The molecular formula is C23H26N8O3S. The Morgan fingerprint density at radius 2 is 2.00 bits per heavy atom. The van der Waals surface area contributed by atoms with E-state index in [1.54, 1.807) is 12.3 Å². The van der Waals surface area contributed by atoms with Gasteiger partial charge < -0.3 is 10.1 Å². The fraction of sp³-hybridized carbons (Fsp3) is 0.435. The van der Waals surface area contributed by atoms with Gasteiger partial charge in [-0.3, -0.25) is 4.68 Å². The van der Waals surface area contributed by atoms with Crippen molar-refractivity contribution in [2.24, 2.45) is 0 Å². The zero-order valence-electron chi connectivity index (χ0n) is 19.5. The molecule has 0 amide bonds. The zero-order chi connectivity index (χ0) is 24.2. The number of anilines is 2. The summed E-state index contributed by atoms with van der Waals surface area (Å²) in [5, 5.41) is 12.9. The minimum Gasteiger partial charge on any atom is -0.381 e. The zero-order valence-corrected chi connectivity index (χ0v) is 20.3. The topological polar surface area (TPSA) is 130 Å². The third-order valence-electron chi connectivity index (χ3n) is 6.36. The molecule has 0 spiro atoms. The predicted molar refractivity (Wildman–Crippen MR) is 130 cm³/mol. The van der Waals surface area contributed by atoms with Crippen molar-refractivity contribution in [2.75, 3.05) is 18.5 Å². The maximum Gasteiger partial charge on any atom is 0.256 e. The summed E-state index contributed by atoms with van der Waals surface area (Å²) in [6, 6.07) is 3.91. The van der Waals surface area contributed by atoms with E-state index in [9.17, 15) is 8.42 Å². The minimum absolute atomic E-state index is 0.193. The van der Waals surface area contributed by atoms with E-state index in [0.29, 0.717) is 42.5 Å². The van der Waals surface area contributed by atoms with E-state index >= 15 is 0 Å². The maximum absolute atomic E-state index is 12.4. The van der Waals surface area contributed by atoms with Gasteiger partial charge in [0.25, 0.3) is 10.0 Å². The van der Waals surface area contributed by atoms with Crippen molar-refractivity contribution in [3.8, 4) is 11.4 Å². The minimum atomic E-state index is -3.44. The monoisotopic (exact) mass is 494 g/mol. The van der Waals surface area contributed by atoms with Gasteiger partial charge in [-0.1, -0.05) is 0 Å². The molecule has 1 aliphatic heterocycles. The average molecular weight is 495 g/mol. The summed E-state index contributed by atoms with van der Waals surface area (Å²) in [6.45, 7) is 5.66. The van der Waals surface area contributed by atoms with E-state index in [2.05, 4.69) is 39.2 Å². The lowest BCUT2D eigenvalue weighted by Gasteiger charge is -2.09. The fourth-order valence-corrected chi connectivity index (χ4v) is 5.82. The molecule has 4 aromatic rings. The van der Waals surface area contributed by atoms with Crippen LogP contribution in [0.1, 0.15) is 50.8 Å². The van der Waals surface area contributed by atoms with E-state index in [-0.39, 0.29) is 17.2 Å². The van der Waals surface area contributed by atoms with E-state index in [1.807, 2.05) is 16.9 Å². The first-order chi connectivity index (χ1) is 16.9.